The van der Waals surface area contributed by atoms with Crippen molar-refractivity contribution in [1.82, 2.24) is 4.90 Å². The molecule has 138 valence electrons. The van der Waals surface area contributed by atoms with Gasteiger partial charge in [-0.15, -0.1) is 0 Å². The quantitative estimate of drug-likeness (QED) is 0.733. The second-order valence-electron chi connectivity index (χ2n) is 6.06. The van der Waals surface area contributed by atoms with E-state index in [2.05, 4.69) is 10.2 Å². The Morgan fingerprint density at radius 1 is 1.15 bits per heavy atom. The fourth-order valence-electron chi connectivity index (χ4n) is 2.53. The molecule has 0 heterocycles. The van der Waals surface area contributed by atoms with Gasteiger partial charge in [0.15, 0.2) is 11.5 Å². The molecule has 2 aromatic rings. The van der Waals surface area contributed by atoms with Crippen LogP contribution in [0.5, 0.6) is 11.5 Å². The number of hydrogen-bond acceptors (Lipinski definition) is 4. The highest BCUT2D eigenvalue weighted by Gasteiger charge is 2.06. The summed E-state index contributed by atoms with van der Waals surface area (Å²) in [6.07, 6.45) is 3.27. The molecule has 0 saturated heterocycles. The number of ether oxygens (including phenoxy) is 2. The molecule has 0 aliphatic carbocycles. The Hall–Kier alpha value is -2.79. The largest absolute Gasteiger partial charge is 0.493 e. The van der Waals surface area contributed by atoms with Gasteiger partial charge in [-0.1, -0.05) is 24.3 Å². The minimum absolute atomic E-state index is 0.176. The Morgan fingerprint density at radius 2 is 1.92 bits per heavy atom. The van der Waals surface area contributed by atoms with Gasteiger partial charge in [-0.05, 0) is 56.4 Å². The summed E-state index contributed by atoms with van der Waals surface area (Å²) in [5.41, 5.74) is 2.76. The van der Waals surface area contributed by atoms with Gasteiger partial charge in [0.2, 0.25) is 5.91 Å². The number of nitrogens with zero attached hydrogens (tertiary/aromatic N) is 1. The summed E-state index contributed by atoms with van der Waals surface area (Å²) in [5.74, 6) is 1.16. The maximum Gasteiger partial charge on any atom is 0.248 e. The highest BCUT2D eigenvalue weighted by Crippen LogP contribution is 2.28. The van der Waals surface area contributed by atoms with Crippen molar-refractivity contribution in [3.05, 3.63) is 59.7 Å². The summed E-state index contributed by atoms with van der Waals surface area (Å²) in [6.45, 7) is 3.23. The standard InChI is InChI=1S/C21H26N2O3/c1-5-26-20-14-16(10-12-19(20)25-4)11-13-21(24)22-18-9-7-6-8-17(18)15-23(2)3/h6-14H,5,15H2,1-4H3,(H,22,24). The number of carbonyl (C=O) groups excluding carboxylic acids is 1. The van der Waals surface area contributed by atoms with E-state index in [9.17, 15) is 4.79 Å². The Morgan fingerprint density at radius 3 is 2.62 bits per heavy atom. The Balaban J connectivity index is 2.09. The molecule has 0 atom stereocenters. The normalized spacial score (nSPS) is 11.0. The Kier molecular flexibility index (Phi) is 7.24. The van der Waals surface area contributed by atoms with E-state index >= 15 is 0 Å². The molecule has 0 aliphatic heterocycles. The first-order valence-corrected chi connectivity index (χ1v) is 8.56. The molecule has 0 radical (unpaired) electrons. The summed E-state index contributed by atoms with van der Waals surface area (Å²) in [5, 5.41) is 2.94. The van der Waals surface area contributed by atoms with E-state index in [0.717, 1.165) is 23.4 Å². The van der Waals surface area contributed by atoms with Crippen LogP contribution in [0.15, 0.2) is 48.5 Å². The van der Waals surface area contributed by atoms with Crippen molar-refractivity contribution in [2.75, 3.05) is 33.1 Å². The predicted octanol–water partition coefficient (Wildman–Crippen LogP) is 3.81. The van der Waals surface area contributed by atoms with E-state index in [1.807, 2.05) is 63.5 Å². The molecule has 0 unspecified atom stereocenters. The number of rotatable bonds is 8. The molecule has 2 aromatic carbocycles. The molecule has 1 N–H and O–H groups in total. The van der Waals surface area contributed by atoms with Crippen molar-refractivity contribution in [3.63, 3.8) is 0 Å². The molecule has 0 fully saturated rings. The highest BCUT2D eigenvalue weighted by atomic mass is 16.5. The summed E-state index contributed by atoms with van der Waals surface area (Å²) in [7, 11) is 5.60. The van der Waals surface area contributed by atoms with Gasteiger partial charge in [0.1, 0.15) is 0 Å². The van der Waals surface area contributed by atoms with Crippen LogP contribution in [0.3, 0.4) is 0 Å². The minimum Gasteiger partial charge on any atom is -0.493 e. The molecule has 0 bridgehead atoms. The van der Waals surface area contributed by atoms with Crippen molar-refractivity contribution in [1.29, 1.82) is 0 Å². The molecule has 0 spiro atoms. The molecule has 5 heteroatoms. The molecule has 5 nitrogen and oxygen atoms in total. The number of nitrogens with one attached hydrogen (secondary N) is 1. The maximum absolute atomic E-state index is 12.3. The number of benzene rings is 2. The zero-order chi connectivity index (χ0) is 18.9. The van der Waals surface area contributed by atoms with Crippen LogP contribution < -0.4 is 14.8 Å². The third kappa shape index (κ3) is 5.63. The number of hydrogen-bond donors (Lipinski definition) is 1. The zero-order valence-electron chi connectivity index (χ0n) is 15.8. The first-order chi connectivity index (χ1) is 12.5. The van der Waals surface area contributed by atoms with Crippen LogP contribution in [-0.4, -0.2) is 38.6 Å². The van der Waals surface area contributed by atoms with Crippen molar-refractivity contribution < 1.29 is 14.3 Å². The van der Waals surface area contributed by atoms with Crippen LogP contribution in [0.2, 0.25) is 0 Å². The molecule has 0 aromatic heterocycles. The van der Waals surface area contributed by atoms with E-state index in [4.69, 9.17) is 9.47 Å². The average Bonchev–Trinajstić information content (AvgIpc) is 2.62. The Bertz CT molecular complexity index is 770. The van der Waals surface area contributed by atoms with Gasteiger partial charge >= 0.3 is 0 Å². The van der Waals surface area contributed by atoms with Gasteiger partial charge in [0.05, 0.1) is 13.7 Å². The summed E-state index contributed by atoms with van der Waals surface area (Å²) >= 11 is 0. The lowest BCUT2D eigenvalue weighted by Gasteiger charge is -2.14. The van der Waals surface area contributed by atoms with E-state index in [0.29, 0.717) is 18.1 Å². The number of anilines is 1. The van der Waals surface area contributed by atoms with Crippen molar-refractivity contribution in [3.8, 4) is 11.5 Å². The van der Waals surface area contributed by atoms with E-state index < -0.39 is 0 Å². The van der Waals surface area contributed by atoms with E-state index in [1.165, 1.54) is 6.08 Å². The summed E-state index contributed by atoms with van der Waals surface area (Å²) in [4.78, 5) is 14.4. The van der Waals surface area contributed by atoms with Crippen LogP contribution in [0.1, 0.15) is 18.1 Å². The van der Waals surface area contributed by atoms with Gasteiger partial charge < -0.3 is 19.7 Å². The highest BCUT2D eigenvalue weighted by molar-refractivity contribution is 6.02. The van der Waals surface area contributed by atoms with E-state index in [-0.39, 0.29) is 5.91 Å². The topological polar surface area (TPSA) is 50.8 Å². The molecule has 0 saturated carbocycles. The van der Waals surface area contributed by atoms with Crippen LogP contribution >= 0.6 is 0 Å². The monoisotopic (exact) mass is 354 g/mol. The predicted molar refractivity (Wildman–Crippen MR) is 106 cm³/mol. The molecular weight excluding hydrogens is 328 g/mol. The Labute approximate surface area is 155 Å². The van der Waals surface area contributed by atoms with Crippen LogP contribution in [0.4, 0.5) is 5.69 Å². The van der Waals surface area contributed by atoms with Crippen LogP contribution in [0.25, 0.3) is 6.08 Å². The smallest absolute Gasteiger partial charge is 0.248 e. The summed E-state index contributed by atoms with van der Waals surface area (Å²) in [6, 6.07) is 13.4. The average molecular weight is 354 g/mol. The summed E-state index contributed by atoms with van der Waals surface area (Å²) < 4.78 is 10.8. The third-order valence-electron chi connectivity index (χ3n) is 3.68. The minimum atomic E-state index is -0.176. The molecule has 2 rings (SSSR count). The first-order valence-electron chi connectivity index (χ1n) is 8.56. The fraction of sp³-hybridized carbons (Fsp3) is 0.286. The molecule has 1 amide bonds. The van der Waals surface area contributed by atoms with E-state index in [1.54, 1.807) is 13.2 Å². The number of para-hydroxylation sites is 1. The molecule has 26 heavy (non-hydrogen) atoms. The lowest BCUT2D eigenvalue weighted by atomic mass is 10.1. The number of amides is 1. The SMILES string of the molecule is CCOc1cc(C=CC(=O)Nc2ccccc2CN(C)C)ccc1OC. The molecule has 0 aliphatic rings. The lowest BCUT2D eigenvalue weighted by Crippen LogP contribution is -2.15. The lowest BCUT2D eigenvalue weighted by molar-refractivity contribution is -0.111. The van der Waals surface area contributed by atoms with Gasteiger partial charge in [0, 0.05) is 18.3 Å². The fourth-order valence-corrected chi connectivity index (χ4v) is 2.53. The second-order valence-corrected chi connectivity index (χ2v) is 6.06. The molecular formula is C21H26N2O3. The van der Waals surface area contributed by atoms with Gasteiger partial charge in [-0.2, -0.15) is 0 Å². The van der Waals surface area contributed by atoms with Gasteiger partial charge in [-0.3, -0.25) is 4.79 Å². The van der Waals surface area contributed by atoms with Gasteiger partial charge in [0.25, 0.3) is 0 Å². The van der Waals surface area contributed by atoms with Crippen LogP contribution in [-0.2, 0) is 11.3 Å². The van der Waals surface area contributed by atoms with Crippen molar-refractivity contribution >= 4 is 17.7 Å². The third-order valence-corrected chi connectivity index (χ3v) is 3.68. The van der Waals surface area contributed by atoms with Crippen LogP contribution in [0, 0.1) is 0 Å². The van der Waals surface area contributed by atoms with Crippen molar-refractivity contribution in [2.24, 2.45) is 0 Å². The van der Waals surface area contributed by atoms with Crippen molar-refractivity contribution in [2.45, 2.75) is 13.5 Å². The van der Waals surface area contributed by atoms with Gasteiger partial charge in [-0.25, -0.2) is 0 Å². The zero-order valence-corrected chi connectivity index (χ0v) is 15.8. The first kappa shape index (κ1) is 19.5. The number of carbonyl (C=O) groups is 1. The maximum atomic E-state index is 12.3. The second kappa shape index (κ2) is 9.63. The number of methoxy groups -OCH3 is 1.